The highest BCUT2D eigenvalue weighted by Crippen LogP contribution is 2.46. The van der Waals surface area contributed by atoms with Crippen LogP contribution in [0.3, 0.4) is 0 Å². The van der Waals surface area contributed by atoms with E-state index in [0.29, 0.717) is 0 Å². The Balaban J connectivity index is 0.00000242. The Morgan fingerprint density at radius 1 is 1.32 bits per heavy atom. The van der Waals surface area contributed by atoms with Crippen LogP contribution in [-0.2, 0) is 6.42 Å². The van der Waals surface area contributed by atoms with E-state index in [9.17, 15) is 4.39 Å². The van der Waals surface area contributed by atoms with E-state index in [1.165, 1.54) is 6.07 Å². The zero-order chi connectivity index (χ0) is 15.7. The number of aliphatic imine (C=N–C) groups is 1. The zero-order valence-corrected chi connectivity index (χ0v) is 16.4. The number of hydrogen-bond donors (Lipinski definition) is 1. The van der Waals surface area contributed by atoms with Crippen LogP contribution in [0.4, 0.5) is 4.39 Å². The van der Waals surface area contributed by atoms with Gasteiger partial charge < -0.3 is 10.2 Å². The third-order valence-corrected chi connectivity index (χ3v) is 4.94. The third-order valence-electron chi connectivity index (χ3n) is 4.94. The lowest BCUT2D eigenvalue weighted by Gasteiger charge is -2.62. The molecule has 1 aromatic carbocycles. The number of halogens is 2. The maximum absolute atomic E-state index is 13.1. The first kappa shape index (κ1) is 19.2. The van der Waals surface area contributed by atoms with E-state index in [1.54, 1.807) is 12.1 Å². The molecule has 0 saturated carbocycles. The fourth-order valence-electron chi connectivity index (χ4n) is 2.71. The number of nitrogens with one attached hydrogen (secondary N) is 1. The summed E-state index contributed by atoms with van der Waals surface area (Å²) in [6.07, 6.45) is 0.786. The van der Waals surface area contributed by atoms with Gasteiger partial charge in [-0.2, -0.15) is 0 Å². The van der Waals surface area contributed by atoms with Gasteiger partial charge in [0.05, 0.1) is 0 Å². The summed E-state index contributed by atoms with van der Waals surface area (Å²) < 4.78 is 13.1. The van der Waals surface area contributed by atoms with Crippen LogP contribution >= 0.6 is 24.0 Å². The maximum atomic E-state index is 13.1. The van der Waals surface area contributed by atoms with Crippen molar-refractivity contribution in [2.45, 2.75) is 39.7 Å². The molecule has 0 unspecified atom stereocenters. The summed E-state index contributed by atoms with van der Waals surface area (Å²) in [5.74, 6) is 0.748. The molecule has 1 aliphatic rings. The Morgan fingerprint density at radius 2 is 2.00 bits per heavy atom. The standard InChI is InChI=1S/C17H26FN3.HI/c1-16(2)12-21(17(16,3)4)15(19-5)20-10-9-13-7-6-8-14(18)11-13;/h6-8,11H,9-10,12H2,1-5H3,(H,19,20);1H. The van der Waals surface area contributed by atoms with Crippen molar-refractivity contribution in [3.8, 4) is 0 Å². The van der Waals surface area contributed by atoms with Gasteiger partial charge in [-0.15, -0.1) is 24.0 Å². The molecule has 0 radical (unpaired) electrons. The number of hydrogen-bond acceptors (Lipinski definition) is 1. The number of benzene rings is 1. The van der Waals surface area contributed by atoms with E-state index in [4.69, 9.17) is 0 Å². The highest BCUT2D eigenvalue weighted by atomic mass is 127. The van der Waals surface area contributed by atoms with Gasteiger partial charge in [0.15, 0.2) is 5.96 Å². The summed E-state index contributed by atoms with van der Waals surface area (Å²) in [5.41, 5.74) is 1.38. The lowest BCUT2D eigenvalue weighted by molar-refractivity contribution is -0.0666. The SMILES string of the molecule is CN=C(NCCc1cccc(F)c1)N1CC(C)(C)C1(C)C.I. The first-order chi connectivity index (χ1) is 9.78. The summed E-state index contributed by atoms with van der Waals surface area (Å²) in [7, 11) is 1.81. The first-order valence-corrected chi connectivity index (χ1v) is 7.51. The fraction of sp³-hybridized carbons (Fsp3) is 0.588. The summed E-state index contributed by atoms with van der Waals surface area (Å²) in [6.45, 7) is 10.8. The Morgan fingerprint density at radius 3 is 2.50 bits per heavy atom. The van der Waals surface area contributed by atoms with Crippen molar-refractivity contribution in [1.29, 1.82) is 0 Å². The van der Waals surface area contributed by atoms with E-state index in [-0.39, 0.29) is 40.7 Å². The van der Waals surface area contributed by atoms with E-state index >= 15 is 0 Å². The lowest BCUT2D eigenvalue weighted by atomic mass is 9.65. The van der Waals surface area contributed by atoms with Crippen molar-refractivity contribution in [3.63, 3.8) is 0 Å². The predicted octanol–water partition coefficient (Wildman–Crippen LogP) is 3.68. The Labute approximate surface area is 150 Å². The summed E-state index contributed by atoms with van der Waals surface area (Å²) in [6, 6.07) is 6.76. The molecule has 0 spiro atoms. The van der Waals surface area contributed by atoms with Crippen molar-refractivity contribution in [2.24, 2.45) is 10.4 Å². The van der Waals surface area contributed by atoms with Gasteiger partial charge in [0, 0.05) is 31.1 Å². The summed E-state index contributed by atoms with van der Waals surface area (Å²) >= 11 is 0. The minimum absolute atomic E-state index is 0. The van der Waals surface area contributed by atoms with E-state index in [1.807, 2.05) is 13.1 Å². The summed E-state index contributed by atoms with van der Waals surface area (Å²) in [5, 5.41) is 3.39. The molecule has 1 fully saturated rings. The predicted molar refractivity (Wildman–Crippen MR) is 101 cm³/mol. The van der Waals surface area contributed by atoms with Gasteiger partial charge in [-0.3, -0.25) is 4.99 Å². The molecule has 3 nitrogen and oxygen atoms in total. The van der Waals surface area contributed by atoms with Crippen molar-refractivity contribution < 1.29 is 4.39 Å². The minimum Gasteiger partial charge on any atom is -0.356 e. The molecule has 1 aliphatic heterocycles. The Kier molecular flexibility index (Phi) is 6.24. The molecular weight excluding hydrogens is 392 g/mol. The molecule has 124 valence electrons. The van der Waals surface area contributed by atoms with E-state index < -0.39 is 0 Å². The third kappa shape index (κ3) is 3.73. The Bertz CT molecular complexity index is 540. The zero-order valence-electron chi connectivity index (χ0n) is 14.1. The molecule has 1 aromatic rings. The van der Waals surface area contributed by atoms with E-state index in [0.717, 1.165) is 31.0 Å². The second kappa shape index (κ2) is 7.15. The minimum atomic E-state index is -0.178. The average molecular weight is 419 g/mol. The normalized spacial score (nSPS) is 19.2. The van der Waals surface area contributed by atoms with Crippen LogP contribution < -0.4 is 5.32 Å². The highest BCUT2D eigenvalue weighted by Gasteiger charge is 2.53. The number of guanidine groups is 1. The van der Waals surface area contributed by atoms with Crippen molar-refractivity contribution in [2.75, 3.05) is 20.1 Å². The molecular formula is C17H27FIN3. The van der Waals surface area contributed by atoms with Gasteiger partial charge in [-0.25, -0.2) is 4.39 Å². The van der Waals surface area contributed by atoms with Crippen LogP contribution in [0.2, 0.25) is 0 Å². The molecule has 1 N–H and O–H groups in total. The number of nitrogens with zero attached hydrogens (tertiary/aromatic N) is 2. The van der Waals surface area contributed by atoms with Gasteiger partial charge in [-0.1, -0.05) is 26.0 Å². The fourth-order valence-corrected chi connectivity index (χ4v) is 2.71. The highest BCUT2D eigenvalue weighted by molar-refractivity contribution is 14.0. The van der Waals surface area contributed by atoms with Crippen LogP contribution in [0.25, 0.3) is 0 Å². The van der Waals surface area contributed by atoms with Crippen LogP contribution in [0.1, 0.15) is 33.3 Å². The average Bonchev–Trinajstić information content (AvgIpc) is 2.42. The van der Waals surface area contributed by atoms with E-state index in [2.05, 4.69) is 42.9 Å². The van der Waals surface area contributed by atoms with Crippen molar-refractivity contribution >= 4 is 29.9 Å². The van der Waals surface area contributed by atoms with Gasteiger partial charge in [0.2, 0.25) is 0 Å². The topological polar surface area (TPSA) is 27.6 Å². The molecule has 0 aromatic heterocycles. The molecule has 5 heteroatoms. The number of rotatable bonds is 3. The monoisotopic (exact) mass is 419 g/mol. The lowest BCUT2D eigenvalue weighted by Crippen LogP contribution is -2.72. The van der Waals surface area contributed by atoms with Gasteiger partial charge >= 0.3 is 0 Å². The molecule has 0 aliphatic carbocycles. The molecule has 1 saturated heterocycles. The molecule has 2 rings (SSSR count). The summed E-state index contributed by atoms with van der Waals surface area (Å²) in [4.78, 5) is 6.68. The van der Waals surface area contributed by atoms with Gasteiger partial charge in [0.25, 0.3) is 0 Å². The van der Waals surface area contributed by atoms with Crippen LogP contribution in [0.15, 0.2) is 29.3 Å². The smallest absolute Gasteiger partial charge is 0.194 e. The van der Waals surface area contributed by atoms with Gasteiger partial charge in [-0.05, 0) is 38.0 Å². The first-order valence-electron chi connectivity index (χ1n) is 7.51. The maximum Gasteiger partial charge on any atom is 0.194 e. The Hall–Kier alpha value is -0.850. The molecule has 1 heterocycles. The van der Waals surface area contributed by atoms with Gasteiger partial charge in [0.1, 0.15) is 5.82 Å². The van der Waals surface area contributed by atoms with Crippen molar-refractivity contribution in [1.82, 2.24) is 10.2 Å². The molecule has 0 bridgehead atoms. The quantitative estimate of drug-likeness (QED) is 0.460. The molecule has 22 heavy (non-hydrogen) atoms. The second-order valence-electron chi connectivity index (χ2n) is 6.88. The molecule has 0 atom stereocenters. The van der Waals surface area contributed by atoms with Crippen molar-refractivity contribution in [3.05, 3.63) is 35.6 Å². The number of likely N-dealkylation sites (tertiary alicyclic amines) is 1. The molecule has 0 amide bonds. The van der Waals surface area contributed by atoms with Crippen LogP contribution in [-0.4, -0.2) is 36.5 Å². The van der Waals surface area contributed by atoms with Crippen LogP contribution in [0, 0.1) is 11.2 Å². The largest absolute Gasteiger partial charge is 0.356 e. The van der Waals surface area contributed by atoms with Crippen LogP contribution in [0.5, 0.6) is 0 Å². The second-order valence-corrected chi connectivity index (χ2v) is 6.88.